The maximum absolute atomic E-state index is 12.5. The molecular weight excluding hydrogens is 336 g/mol. The summed E-state index contributed by atoms with van der Waals surface area (Å²) in [6.07, 6.45) is 1.59. The van der Waals surface area contributed by atoms with Crippen molar-refractivity contribution in [1.82, 2.24) is 19.5 Å². The fraction of sp³-hybridized carbons (Fsp3) is 0.222. The highest BCUT2D eigenvalue weighted by Gasteiger charge is 2.16. The highest BCUT2D eigenvalue weighted by Crippen LogP contribution is 2.32. The van der Waals surface area contributed by atoms with Crippen LogP contribution in [0.15, 0.2) is 35.4 Å². The fourth-order valence-corrected chi connectivity index (χ4v) is 3.95. The van der Waals surface area contributed by atoms with Gasteiger partial charge in [0.1, 0.15) is 15.3 Å². The number of benzene rings is 1. The van der Waals surface area contributed by atoms with Crippen LogP contribution in [-0.4, -0.2) is 26.6 Å². The molecule has 4 rings (SSSR count). The maximum Gasteiger partial charge on any atom is 0.271 e. The Labute approximate surface area is 147 Å². The highest BCUT2D eigenvalue weighted by atomic mass is 32.1. The Morgan fingerprint density at radius 1 is 1.20 bits per heavy atom. The number of aromatic nitrogens is 4. The number of ether oxygens (including phenoxy) is 1. The van der Waals surface area contributed by atoms with Crippen LogP contribution < -0.4 is 10.3 Å². The molecule has 1 aromatic carbocycles. The van der Waals surface area contributed by atoms with E-state index in [-0.39, 0.29) is 5.56 Å². The Hall–Kier alpha value is -2.80. The molecule has 0 saturated carbocycles. The van der Waals surface area contributed by atoms with Gasteiger partial charge in [0.15, 0.2) is 5.82 Å². The normalized spacial score (nSPS) is 11.3. The Morgan fingerprint density at radius 2 is 1.96 bits per heavy atom. The second-order valence-electron chi connectivity index (χ2n) is 5.66. The summed E-state index contributed by atoms with van der Waals surface area (Å²) in [5, 5.41) is 0.859. The van der Waals surface area contributed by atoms with Crippen LogP contribution >= 0.6 is 11.3 Å². The summed E-state index contributed by atoms with van der Waals surface area (Å²) in [5.41, 5.74) is 2.39. The van der Waals surface area contributed by atoms with Crippen molar-refractivity contribution in [3.8, 4) is 17.1 Å². The second-order valence-corrected chi connectivity index (χ2v) is 6.66. The minimum Gasteiger partial charge on any atom is -0.497 e. The summed E-state index contributed by atoms with van der Waals surface area (Å²) in [6, 6.07) is 7.61. The van der Waals surface area contributed by atoms with Crippen LogP contribution in [0.25, 0.3) is 31.8 Å². The third-order valence-corrected chi connectivity index (χ3v) is 5.24. The number of aryl methyl sites for hydroxylation is 2. The van der Waals surface area contributed by atoms with E-state index >= 15 is 0 Å². The van der Waals surface area contributed by atoms with Crippen LogP contribution in [0.1, 0.15) is 12.6 Å². The molecular formula is C18H16N4O2S. The zero-order chi connectivity index (χ0) is 17.6. The average molecular weight is 352 g/mol. The van der Waals surface area contributed by atoms with Gasteiger partial charge >= 0.3 is 0 Å². The van der Waals surface area contributed by atoms with E-state index in [4.69, 9.17) is 4.74 Å². The molecule has 0 radical (unpaired) electrons. The smallest absolute Gasteiger partial charge is 0.271 e. The third kappa shape index (κ3) is 2.47. The lowest BCUT2D eigenvalue weighted by atomic mass is 10.2. The van der Waals surface area contributed by atoms with E-state index in [2.05, 4.69) is 15.0 Å². The molecule has 0 aliphatic carbocycles. The molecule has 6 nitrogen and oxygen atoms in total. The minimum atomic E-state index is -0.0269. The standard InChI is InChI=1S/C18H16N4O2S/c1-4-22-9-19-14-13-10(2)20-16(11-5-7-12(24-3)8-6-11)21-17(13)25-15(14)18(22)23/h5-9H,4H2,1-3H3. The van der Waals surface area contributed by atoms with Gasteiger partial charge in [-0.25, -0.2) is 15.0 Å². The first-order chi connectivity index (χ1) is 12.1. The number of hydrogen-bond donors (Lipinski definition) is 0. The van der Waals surface area contributed by atoms with Crippen LogP contribution in [0, 0.1) is 6.92 Å². The molecule has 3 heterocycles. The Balaban J connectivity index is 1.96. The van der Waals surface area contributed by atoms with Crippen molar-refractivity contribution in [3.63, 3.8) is 0 Å². The summed E-state index contributed by atoms with van der Waals surface area (Å²) in [7, 11) is 1.63. The molecule has 0 aliphatic rings. The predicted octanol–water partition coefficient (Wildman–Crippen LogP) is 3.41. The third-order valence-electron chi connectivity index (χ3n) is 4.18. The average Bonchev–Trinajstić information content (AvgIpc) is 3.02. The summed E-state index contributed by atoms with van der Waals surface area (Å²) in [5.74, 6) is 1.42. The van der Waals surface area contributed by atoms with Crippen LogP contribution in [-0.2, 0) is 6.54 Å². The van der Waals surface area contributed by atoms with Crippen LogP contribution in [0.5, 0.6) is 5.75 Å². The summed E-state index contributed by atoms with van der Waals surface area (Å²) in [6.45, 7) is 4.45. The Kier molecular flexibility index (Phi) is 3.73. The molecule has 0 N–H and O–H groups in total. The monoisotopic (exact) mass is 352 g/mol. The van der Waals surface area contributed by atoms with Gasteiger partial charge in [-0.2, -0.15) is 0 Å². The van der Waals surface area contributed by atoms with Crippen LogP contribution in [0.4, 0.5) is 0 Å². The van der Waals surface area contributed by atoms with Crippen molar-refractivity contribution in [2.75, 3.05) is 7.11 Å². The number of rotatable bonds is 3. The SMILES string of the molecule is CCn1cnc2c(sc3nc(-c4ccc(OC)cc4)nc(C)c32)c1=O. The zero-order valence-electron chi connectivity index (χ0n) is 14.1. The highest BCUT2D eigenvalue weighted by molar-refractivity contribution is 7.25. The first-order valence-corrected chi connectivity index (χ1v) is 8.74. The number of hydrogen-bond acceptors (Lipinski definition) is 6. The van der Waals surface area contributed by atoms with E-state index in [1.165, 1.54) is 11.3 Å². The quantitative estimate of drug-likeness (QED) is 0.565. The number of nitrogens with zero attached hydrogens (tertiary/aromatic N) is 4. The van der Waals surface area contributed by atoms with Gasteiger partial charge in [-0.15, -0.1) is 11.3 Å². The van der Waals surface area contributed by atoms with E-state index in [1.807, 2.05) is 38.1 Å². The molecule has 25 heavy (non-hydrogen) atoms. The van der Waals surface area contributed by atoms with Crippen molar-refractivity contribution in [2.45, 2.75) is 20.4 Å². The molecule has 3 aromatic heterocycles. The molecule has 0 spiro atoms. The van der Waals surface area contributed by atoms with E-state index in [0.29, 0.717) is 22.6 Å². The van der Waals surface area contributed by atoms with Crippen molar-refractivity contribution in [2.24, 2.45) is 0 Å². The summed E-state index contributed by atoms with van der Waals surface area (Å²) in [4.78, 5) is 27.1. The molecule has 7 heteroatoms. The first-order valence-electron chi connectivity index (χ1n) is 7.93. The summed E-state index contributed by atoms with van der Waals surface area (Å²) < 4.78 is 7.42. The maximum atomic E-state index is 12.5. The van der Waals surface area contributed by atoms with E-state index in [1.54, 1.807) is 18.0 Å². The largest absolute Gasteiger partial charge is 0.497 e. The van der Waals surface area contributed by atoms with Gasteiger partial charge in [0, 0.05) is 12.1 Å². The van der Waals surface area contributed by atoms with Crippen LogP contribution in [0.3, 0.4) is 0 Å². The van der Waals surface area contributed by atoms with Gasteiger partial charge in [0.2, 0.25) is 0 Å². The number of fused-ring (bicyclic) bond motifs is 3. The Bertz CT molecular complexity index is 1150. The number of thiophene rings is 1. The van der Waals surface area contributed by atoms with Gasteiger partial charge < -0.3 is 4.74 Å². The molecule has 4 aromatic rings. The molecule has 0 fully saturated rings. The lowest BCUT2D eigenvalue weighted by Gasteiger charge is -2.04. The Morgan fingerprint density at radius 3 is 2.64 bits per heavy atom. The summed E-state index contributed by atoms with van der Waals surface area (Å²) >= 11 is 1.38. The second kappa shape index (κ2) is 5.93. The topological polar surface area (TPSA) is 69.9 Å². The number of methoxy groups -OCH3 is 1. The lowest BCUT2D eigenvalue weighted by molar-refractivity contribution is 0.415. The fourth-order valence-electron chi connectivity index (χ4n) is 2.82. The van der Waals surface area contributed by atoms with Crippen molar-refractivity contribution in [3.05, 3.63) is 46.6 Å². The molecule has 0 saturated heterocycles. The van der Waals surface area contributed by atoms with Crippen molar-refractivity contribution < 1.29 is 4.74 Å². The molecule has 0 amide bonds. The van der Waals surface area contributed by atoms with Gasteiger partial charge in [0.25, 0.3) is 5.56 Å². The van der Waals surface area contributed by atoms with Gasteiger partial charge in [-0.3, -0.25) is 9.36 Å². The van der Waals surface area contributed by atoms with Gasteiger partial charge in [-0.1, -0.05) is 0 Å². The van der Waals surface area contributed by atoms with Gasteiger partial charge in [0.05, 0.1) is 30.0 Å². The van der Waals surface area contributed by atoms with Crippen molar-refractivity contribution >= 4 is 31.8 Å². The van der Waals surface area contributed by atoms with Crippen LogP contribution in [0.2, 0.25) is 0 Å². The zero-order valence-corrected chi connectivity index (χ0v) is 14.9. The van der Waals surface area contributed by atoms with E-state index in [0.717, 1.165) is 27.2 Å². The van der Waals surface area contributed by atoms with Gasteiger partial charge in [-0.05, 0) is 38.1 Å². The predicted molar refractivity (Wildman–Crippen MR) is 99.4 cm³/mol. The molecule has 126 valence electrons. The van der Waals surface area contributed by atoms with E-state index in [9.17, 15) is 4.79 Å². The first kappa shape index (κ1) is 15.7. The molecule has 0 bridgehead atoms. The molecule has 0 atom stereocenters. The van der Waals surface area contributed by atoms with Crippen molar-refractivity contribution in [1.29, 1.82) is 0 Å². The minimum absolute atomic E-state index is 0.0269. The molecule has 0 aliphatic heterocycles. The van der Waals surface area contributed by atoms with E-state index < -0.39 is 0 Å². The lowest BCUT2D eigenvalue weighted by Crippen LogP contribution is -2.18. The molecule has 0 unspecified atom stereocenters.